The Morgan fingerprint density at radius 3 is 2.67 bits per heavy atom. The molecule has 0 aliphatic carbocycles. The number of nitrogens with zero attached hydrogens (tertiary/aromatic N) is 2. The average Bonchev–Trinajstić information content (AvgIpc) is 2.50. The van der Waals surface area contributed by atoms with Crippen LogP contribution in [0.2, 0.25) is 0 Å². The van der Waals surface area contributed by atoms with E-state index in [4.69, 9.17) is 4.74 Å². The van der Waals surface area contributed by atoms with Crippen molar-refractivity contribution in [3.63, 3.8) is 0 Å². The van der Waals surface area contributed by atoms with Gasteiger partial charge in [0, 0.05) is 5.69 Å². The molecule has 2 amide bonds. The van der Waals surface area contributed by atoms with Crippen LogP contribution in [-0.4, -0.2) is 22.6 Å². The number of ether oxygens (including phenoxy) is 1. The molecule has 5 heteroatoms. The summed E-state index contributed by atoms with van der Waals surface area (Å²) in [6.07, 6.45) is -0.493. The van der Waals surface area contributed by atoms with Crippen LogP contribution >= 0.6 is 0 Å². The van der Waals surface area contributed by atoms with Crippen LogP contribution in [0.25, 0.3) is 0 Å². The molecule has 18 heavy (non-hydrogen) atoms. The minimum absolute atomic E-state index is 0.149. The van der Waals surface area contributed by atoms with E-state index in [-0.39, 0.29) is 12.3 Å². The Hall–Kier alpha value is -1.91. The van der Waals surface area contributed by atoms with Crippen molar-refractivity contribution in [3.05, 3.63) is 23.5 Å². The van der Waals surface area contributed by atoms with Crippen LogP contribution in [-0.2, 0) is 16.0 Å². The van der Waals surface area contributed by atoms with Crippen molar-refractivity contribution in [2.24, 2.45) is 0 Å². The molecule has 0 aromatic carbocycles. The van der Waals surface area contributed by atoms with E-state index in [1.54, 1.807) is 32.9 Å². The SMILES string of the molecule is Cc1ccc2c(n1)CC(=O)N2C(=O)OC(C)(C)C. The van der Waals surface area contributed by atoms with Gasteiger partial charge >= 0.3 is 6.09 Å². The number of fused-ring (bicyclic) bond motifs is 1. The summed E-state index contributed by atoms with van der Waals surface area (Å²) in [6, 6.07) is 3.50. The lowest BCUT2D eigenvalue weighted by Gasteiger charge is -2.23. The summed E-state index contributed by atoms with van der Waals surface area (Å²) in [5, 5.41) is 0. The molecule has 0 atom stereocenters. The van der Waals surface area contributed by atoms with Crippen molar-refractivity contribution in [1.82, 2.24) is 4.98 Å². The number of rotatable bonds is 0. The lowest BCUT2D eigenvalue weighted by atomic mass is 10.2. The van der Waals surface area contributed by atoms with Gasteiger partial charge in [-0.15, -0.1) is 0 Å². The van der Waals surface area contributed by atoms with Crippen molar-refractivity contribution in [2.45, 2.75) is 39.7 Å². The maximum absolute atomic E-state index is 12.0. The number of aromatic nitrogens is 1. The summed E-state index contributed by atoms with van der Waals surface area (Å²) in [4.78, 5) is 29.2. The van der Waals surface area contributed by atoms with E-state index in [1.807, 2.05) is 6.92 Å². The molecule has 0 bridgehead atoms. The van der Waals surface area contributed by atoms with Crippen molar-refractivity contribution >= 4 is 17.7 Å². The first-order valence-corrected chi connectivity index (χ1v) is 5.80. The van der Waals surface area contributed by atoms with Crippen molar-refractivity contribution in [2.75, 3.05) is 4.90 Å². The molecular formula is C13H16N2O3. The van der Waals surface area contributed by atoms with Gasteiger partial charge in [0.2, 0.25) is 5.91 Å². The predicted octanol–water partition coefficient (Wildman–Crippen LogP) is 2.21. The van der Waals surface area contributed by atoms with E-state index in [0.717, 1.165) is 10.6 Å². The number of carbonyl (C=O) groups is 2. The molecule has 96 valence electrons. The molecule has 1 aliphatic heterocycles. The van der Waals surface area contributed by atoms with Gasteiger partial charge in [-0.1, -0.05) is 0 Å². The van der Waals surface area contributed by atoms with Crippen LogP contribution < -0.4 is 4.90 Å². The van der Waals surface area contributed by atoms with E-state index in [9.17, 15) is 9.59 Å². The second-order valence-electron chi connectivity index (χ2n) is 5.30. The molecular weight excluding hydrogens is 232 g/mol. The molecule has 0 saturated heterocycles. The fraction of sp³-hybridized carbons (Fsp3) is 0.462. The first kappa shape index (κ1) is 12.5. The molecule has 2 rings (SSSR count). The molecule has 0 spiro atoms. The van der Waals surface area contributed by atoms with Gasteiger partial charge in [-0.05, 0) is 39.8 Å². The monoisotopic (exact) mass is 248 g/mol. The van der Waals surface area contributed by atoms with Gasteiger partial charge in [0.1, 0.15) is 5.60 Å². The third kappa shape index (κ3) is 2.34. The third-order valence-corrected chi connectivity index (χ3v) is 2.47. The summed E-state index contributed by atoms with van der Waals surface area (Å²) < 4.78 is 5.22. The minimum Gasteiger partial charge on any atom is -0.443 e. The van der Waals surface area contributed by atoms with Crippen molar-refractivity contribution in [1.29, 1.82) is 0 Å². The predicted molar refractivity (Wildman–Crippen MR) is 66.4 cm³/mol. The molecule has 1 aromatic heterocycles. The molecule has 0 N–H and O–H groups in total. The molecule has 0 fully saturated rings. The standard InChI is InChI=1S/C13H16N2O3/c1-8-5-6-10-9(14-8)7-11(16)15(10)12(17)18-13(2,3)4/h5-6H,7H2,1-4H3. The van der Waals surface area contributed by atoms with E-state index >= 15 is 0 Å². The lowest BCUT2D eigenvalue weighted by Crippen LogP contribution is -2.38. The molecule has 1 aromatic rings. The van der Waals surface area contributed by atoms with Crippen molar-refractivity contribution in [3.8, 4) is 0 Å². The number of pyridine rings is 1. The zero-order valence-corrected chi connectivity index (χ0v) is 11.0. The second kappa shape index (κ2) is 4.08. The van der Waals surface area contributed by atoms with Crippen LogP contribution in [0.3, 0.4) is 0 Å². The van der Waals surface area contributed by atoms with Crippen LogP contribution in [0.5, 0.6) is 0 Å². The van der Waals surface area contributed by atoms with E-state index in [1.165, 1.54) is 0 Å². The summed E-state index contributed by atoms with van der Waals surface area (Å²) in [5.74, 6) is -0.294. The van der Waals surface area contributed by atoms with E-state index in [2.05, 4.69) is 4.98 Å². The number of hydrogen-bond acceptors (Lipinski definition) is 4. The highest BCUT2D eigenvalue weighted by atomic mass is 16.6. The number of carbonyl (C=O) groups excluding carboxylic acids is 2. The normalized spacial score (nSPS) is 14.7. The van der Waals surface area contributed by atoms with Gasteiger partial charge in [-0.3, -0.25) is 9.78 Å². The fourth-order valence-corrected chi connectivity index (χ4v) is 1.80. The lowest BCUT2D eigenvalue weighted by molar-refractivity contribution is -0.117. The van der Waals surface area contributed by atoms with Gasteiger partial charge in [-0.2, -0.15) is 0 Å². The quantitative estimate of drug-likeness (QED) is 0.706. The van der Waals surface area contributed by atoms with Crippen LogP contribution in [0.1, 0.15) is 32.2 Å². The van der Waals surface area contributed by atoms with Gasteiger partial charge in [0.25, 0.3) is 0 Å². The van der Waals surface area contributed by atoms with E-state index in [0.29, 0.717) is 11.4 Å². The van der Waals surface area contributed by atoms with Gasteiger partial charge in [0.05, 0.1) is 17.8 Å². The van der Waals surface area contributed by atoms with Crippen LogP contribution in [0.4, 0.5) is 10.5 Å². The largest absolute Gasteiger partial charge is 0.443 e. The summed E-state index contributed by atoms with van der Waals surface area (Å²) in [7, 11) is 0. The molecule has 0 unspecified atom stereocenters. The van der Waals surface area contributed by atoms with Crippen LogP contribution in [0.15, 0.2) is 12.1 Å². The number of anilines is 1. The Kier molecular flexibility index (Phi) is 2.84. The summed E-state index contributed by atoms with van der Waals surface area (Å²) >= 11 is 0. The highest BCUT2D eigenvalue weighted by Crippen LogP contribution is 2.29. The Morgan fingerprint density at radius 1 is 1.39 bits per heavy atom. The zero-order chi connectivity index (χ0) is 13.5. The van der Waals surface area contributed by atoms with Crippen molar-refractivity contribution < 1.29 is 14.3 Å². The van der Waals surface area contributed by atoms with Gasteiger partial charge < -0.3 is 4.74 Å². The maximum atomic E-state index is 12.0. The Bertz CT molecular complexity index is 517. The third-order valence-electron chi connectivity index (χ3n) is 2.47. The Balaban J connectivity index is 2.31. The topological polar surface area (TPSA) is 59.5 Å². The molecule has 2 heterocycles. The minimum atomic E-state index is -0.642. The fourth-order valence-electron chi connectivity index (χ4n) is 1.80. The number of imide groups is 1. The number of aryl methyl sites for hydroxylation is 1. The molecule has 0 radical (unpaired) electrons. The van der Waals surface area contributed by atoms with E-state index < -0.39 is 11.7 Å². The first-order valence-electron chi connectivity index (χ1n) is 5.80. The average molecular weight is 248 g/mol. The maximum Gasteiger partial charge on any atom is 0.421 e. The van der Waals surface area contributed by atoms with Crippen LogP contribution in [0, 0.1) is 6.92 Å². The highest BCUT2D eigenvalue weighted by Gasteiger charge is 2.36. The molecule has 0 saturated carbocycles. The highest BCUT2D eigenvalue weighted by molar-refractivity contribution is 6.16. The Labute approximate surface area is 106 Å². The summed E-state index contributed by atoms with van der Waals surface area (Å²) in [5.41, 5.74) is 1.36. The van der Waals surface area contributed by atoms with Gasteiger partial charge in [0.15, 0.2) is 0 Å². The second-order valence-corrected chi connectivity index (χ2v) is 5.30. The zero-order valence-electron chi connectivity index (χ0n) is 11.0. The number of hydrogen-bond donors (Lipinski definition) is 0. The summed E-state index contributed by atoms with van der Waals surface area (Å²) in [6.45, 7) is 7.14. The van der Waals surface area contributed by atoms with Gasteiger partial charge in [-0.25, -0.2) is 9.69 Å². The number of amides is 2. The molecule has 1 aliphatic rings. The smallest absolute Gasteiger partial charge is 0.421 e. The molecule has 5 nitrogen and oxygen atoms in total. The first-order chi connectivity index (χ1) is 8.28. The Morgan fingerprint density at radius 2 is 2.06 bits per heavy atom.